The molecule has 42 heavy (non-hydrogen) atoms. The number of imidazole rings is 2. The van der Waals surface area contributed by atoms with Crippen LogP contribution in [0.1, 0.15) is 0 Å². The van der Waals surface area contributed by atoms with Crippen LogP contribution in [-0.4, -0.2) is 24.0 Å². The lowest BCUT2D eigenvalue weighted by Crippen LogP contribution is -2.12. The Morgan fingerprint density at radius 2 is 1.24 bits per heavy atom. The van der Waals surface area contributed by atoms with E-state index in [0.717, 1.165) is 50.7 Å². The van der Waals surface area contributed by atoms with Crippen molar-refractivity contribution in [2.24, 2.45) is 0 Å². The molecule has 6 heteroatoms. The third-order valence-electron chi connectivity index (χ3n) is 7.61. The first kappa shape index (κ1) is 24.0. The van der Waals surface area contributed by atoms with E-state index in [2.05, 4.69) is 92.7 Å². The quantitative estimate of drug-likeness (QED) is 0.236. The highest BCUT2D eigenvalue weighted by Crippen LogP contribution is 2.37. The van der Waals surface area contributed by atoms with Gasteiger partial charge in [-0.1, -0.05) is 66.7 Å². The van der Waals surface area contributed by atoms with Crippen molar-refractivity contribution in [3.05, 3.63) is 146 Å². The lowest BCUT2D eigenvalue weighted by molar-refractivity contribution is 0.477. The average molecular weight is 544 g/mol. The average Bonchev–Trinajstić information content (AvgIpc) is 3.57. The number of phenols is 1. The smallest absolute Gasteiger partial charge is 0.220 e. The van der Waals surface area contributed by atoms with Crippen LogP contribution in [0.4, 0.5) is 17.2 Å². The highest BCUT2D eigenvalue weighted by atomic mass is 16.3. The number of rotatable bonds is 5. The van der Waals surface area contributed by atoms with Crippen molar-refractivity contribution in [3.8, 4) is 22.7 Å². The second-order valence-corrected chi connectivity index (χ2v) is 10.1. The Bertz CT molecular complexity index is 2230. The summed E-state index contributed by atoms with van der Waals surface area (Å²) < 4.78 is 4.44. The summed E-state index contributed by atoms with van der Waals surface area (Å²) in [5, 5.41) is 10.5. The molecule has 0 fully saturated rings. The first-order valence-electron chi connectivity index (χ1n) is 13.8. The van der Waals surface area contributed by atoms with E-state index in [4.69, 9.17) is 9.97 Å². The Hall–Kier alpha value is -5.88. The van der Waals surface area contributed by atoms with Crippen LogP contribution in [0.5, 0.6) is 5.75 Å². The van der Waals surface area contributed by atoms with Gasteiger partial charge in [0.15, 0.2) is 0 Å². The molecule has 0 saturated carbocycles. The van der Waals surface area contributed by atoms with Crippen LogP contribution < -0.4 is 4.90 Å². The number of anilines is 3. The van der Waals surface area contributed by atoms with Crippen molar-refractivity contribution < 1.29 is 5.11 Å². The highest BCUT2D eigenvalue weighted by Gasteiger charge is 2.19. The maximum Gasteiger partial charge on any atom is 0.220 e. The van der Waals surface area contributed by atoms with Crippen LogP contribution in [0.25, 0.3) is 44.8 Å². The van der Waals surface area contributed by atoms with Crippen molar-refractivity contribution in [1.82, 2.24) is 18.9 Å². The molecule has 3 aromatic heterocycles. The van der Waals surface area contributed by atoms with Crippen LogP contribution in [0.2, 0.25) is 0 Å². The van der Waals surface area contributed by atoms with E-state index in [1.807, 2.05) is 60.7 Å². The molecule has 8 rings (SSSR count). The lowest BCUT2D eigenvalue weighted by atomic mass is 10.1. The van der Waals surface area contributed by atoms with Gasteiger partial charge >= 0.3 is 0 Å². The predicted octanol–water partition coefficient (Wildman–Crippen LogP) is 8.67. The van der Waals surface area contributed by atoms with E-state index in [1.165, 1.54) is 0 Å². The zero-order chi connectivity index (χ0) is 28.0. The number of aromatic nitrogens is 4. The molecule has 0 amide bonds. The summed E-state index contributed by atoms with van der Waals surface area (Å²) in [6.45, 7) is 0. The second kappa shape index (κ2) is 9.64. The number of para-hydroxylation sites is 6. The topological polar surface area (TPSA) is 58.6 Å². The highest BCUT2D eigenvalue weighted by molar-refractivity contribution is 5.92. The van der Waals surface area contributed by atoms with Gasteiger partial charge in [-0.25, -0.2) is 9.97 Å². The number of aromatic hydroxyl groups is 1. The molecule has 0 bridgehead atoms. The van der Waals surface area contributed by atoms with Gasteiger partial charge in [0.05, 0.1) is 33.4 Å². The van der Waals surface area contributed by atoms with Crippen LogP contribution in [0.3, 0.4) is 0 Å². The Morgan fingerprint density at radius 3 is 2.10 bits per heavy atom. The van der Waals surface area contributed by atoms with Gasteiger partial charge in [0.1, 0.15) is 11.6 Å². The number of hydrogen-bond donors (Lipinski definition) is 1. The number of hydrogen-bond acceptors (Lipinski definition) is 4. The molecule has 8 aromatic rings. The van der Waals surface area contributed by atoms with Crippen LogP contribution in [0.15, 0.2) is 146 Å². The van der Waals surface area contributed by atoms with Gasteiger partial charge in [0.25, 0.3) is 0 Å². The maximum atomic E-state index is 10.5. The Labute approximate surface area is 242 Å². The number of benzene rings is 5. The Kier molecular flexibility index (Phi) is 5.50. The number of phenolic OH excluding ortho intramolecular Hbond substituents is 1. The summed E-state index contributed by atoms with van der Waals surface area (Å²) in [6.07, 6.45) is 0. The van der Waals surface area contributed by atoms with Gasteiger partial charge in [-0.3, -0.25) is 13.9 Å². The molecule has 6 nitrogen and oxygen atoms in total. The summed E-state index contributed by atoms with van der Waals surface area (Å²) in [4.78, 5) is 12.2. The molecule has 200 valence electrons. The maximum absolute atomic E-state index is 10.5. The monoisotopic (exact) mass is 543 g/mol. The summed E-state index contributed by atoms with van der Waals surface area (Å²) in [7, 11) is 0. The fraction of sp³-hybridized carbons (Fsp3) is 0. The van der Waals surface area contributed by atoms with Gasteiger partial charge in [-0.2, -0.15) is 0 Å². The van der Waals surface area contributed by atoms with Gasteiger partial charge in [0.2, 0.25) is 5.78 Å². The Balaban J connectivity index is 1.34. The molecule has 5 aromatic carbocycles. The van der Waals surface area contributed by atoms with Crippen LogP contribution >= 0.6 is 0 Å². The zero-order valence-electron chi connectivity index (χ0n) is 22.5. The van der Waals surface area contributed by atoms with Crippen molar-refractivity contribution in [2.45, 2.75) is 0 Å². The zero-order valence-corrected chi connectivity index (χ0v) is 22.5. The summed E-state index contributed by atoms with van der Waals surface area (Å²) in [6, 6.07) is 48.5. The number of nitrogens with zero attached hydrogens (tertiary/aromatic N) is 5. The molecule has 3 heterocycles. The third kappa shape index (κ3) is 3.81. The van der Waals surface area contributed by atoms with Gasteiger partial charge in [-0.05, 0) is 78.9 Å². The molecule has 0 atom stereocenters. The van der Waals surface area contributed by atoms with Crippen LogP contribution in [0, 0.1) is 0 Å². The molecule has 0 aliphatic rings. The first-order valence-corrected chi connectivity index (χ1v) is 13.8. The largest absolute Gasteiger partial charge is 0.507 e. The predicted molar refractivity (Wildman–Crippen MR) is 169 cm³/mol. The van der Waals surface area contributed by atoms with E-state index in [0.29, 0.717) is 11.3 Å². The standard InChI is InChI=1S/C36H25N5O/c42-34-22-9-4-16-28(34)29-18-11-23-35(37-29)39(25-12-2-1-3-13-25)26-14-10-15-27(24-26)40-32-20-7-8-21-33(32)41-31-19-6-5-17-30(31)38-36(40)41/h1-24,42H. The normalized spacial score (nSPS) is 11.4. The SMILES string of the molecule is Oc1ccccc1-c1cccc(N(c2ccccc2)c2cccc(-n3c4ccccc4n4c5ccccc5nc34)c2)n1. The molecule has 0 unspecified atom stereocenters. The van der Waals surface area contributed by atoms with E-state index < -0.39 is 0 Å². The molecule has 1 N–H and O–H groups in total. The minimum absolute atomic E-state index is 0.200. The number of pyridine rings is 1. The molecule has 0 spiro atoms. The van der Waals surface area contributed by atoms with E-state index >= 15 is 0 Å². The second-order valence-electron chi connectivity index (χ2n) is 10.1. The van der Waals surface area contributed by atoms with Gasteiger partial charge in [-0.15, -0.1) is 0 Å². The third-order valence-corrected chi connectivity index (χ3v) is 7.61. The minimum atomic E-state index is 0.200. The van der Waals surface area contributed by atoms with Gasteiger partial charge in [0, 0.05) is 16.9 Å². The van der Waals surface area contributed by atoms with Crippen molar-refractivity contribution in [1.29, 1.82) is 0 Å². The van der Waals surface area contributed by atoms with E-state index in [1.54, 1.807) is 6.07 Å². The van der Waals surface area contributed by atoms with Crippen molar-refractivity contribution in [2.75, 3.05) is 4.90 Å². The summed E-state index contributed by atoms with van der Waals surface area (Å²) in [5.41, 5.74) is 8.52. The number of fused-ring (bicyclic) bond motifs is 5. The molecular weight excluding hydrogens is 518 g/mol. The van der Waals surface area contributed by atoms with E-state index in [9.17, 15) is 5.11 Å². The summed E-state index contributed by atoms with van der Waals surface area (Å²) >= 11 is 0. The molecule has 0 aliphatic carbocycles. The summed E-state index contributed by atoms with van der Waals surface area (Å²) in [5.74, 6) is 1.81. The minimum Gasteiger partial charge on any atom is -0.507 e. The first-order chi connectivity index (χ1) is 20.8. The van der Waals surface area contributed by atoms with Crippen molar-refractivity contribution in [3.63, 3.8) is 0 Å². The van der Waals surface area contributed by atoms with Crippen molar-refractivity contribution >= 4 is 45.0 Å². The van der Waals surface area contributed by atoms with E-state index in [-0.39, 0.29) is 5.75 Å². The lowest BCUT2D eigenvalue weighted by Gasteiger charge is -2.25. The molecule has 0 aliphatic heterocycles. The fourth-order valence-corrected chi connectivity index (χ4v) is 5.76. The van der Waals surface area contributed by atoms with Gasteiger partial charge < -0.3 is 5.11 Å². The molecular formula is C36H25N5O. The Morgan fingerprint density at radius 1 is 0.548 bits per heavy atom. The molecule has 0 radical (unpaired) electrons. The molecule has 0 saturated heterocycles. The fourth-order valence-electron chi connectivity index (χ4n) is 5.76. The van der Waals surface area contributed by atoms with Crippen LogP contribution in [-0.2, 0) is 0 Å².